The van der Waals surface area contributed by atoms with Crippen LogP contribution in [-0.2, 0) is 11.2 Å². The van der Waals surface area contributed by atoms with Crippen molar-refractivity contribution >= 4 is 23.5 Å². The largest absolute Gasteiger partial charge is 0.464 e. The van der Waals surface area contributed by atoms with Crippen molar-refractivity contribution in [3.05, 3.63) is 16.4 Å². The molecule has 6 heteroatoms. The number of halogens is 1. The first-order chi connectivity index (χ1) is 7.45. The highest BCUT2D eigenvalue weighted by Gasteiger charge is 2.19. The molecule has 0 unspecified atom stereocenters. The van der Waals surface area contributed by atoms with Crippen LogP contribution in [0, 0.1) is 5.92 Å². The van der Waals surface area contributed by atoms with Crippen LogP contribution in [0.25, 0.3) is 0 Å². The highest BCUT2D eigenvalue weighted by molar-refractivity contribution is 6.30. The average Bonchev–Trinajstić information content (AvgIpc) is 2.20. The van der Waals surface area contributed by atoms with Crippen molar-refractivity contribution in [2.75, 3.05) is 12.8 Å². The molecule has 1 aromatic rings. The number of esters is 1. The topological polar surface area (TPSA) is 78.1 Å². The third kappa shape index (κ3) is 2.82. The molecule has 0 atom stereocenters. The molecule has 16 heavy (non-hydrogen) atoms. The maximum absolute atomic E-state index is 11.5. The van der Waals surface area contributed by atoms with Gasteiger partial charge in [-0.05, 0) is 12.3 Å². The summed E-state index contributed by atoms with van der Waals surface area (Å²) in [5.41, 5.74) is 6.17. The van der Waals surface area contributed by atoms with Crippen LogP contribution in [0.2, 0.25) is 5.15 Å². The van der Waals surface area contributed by atoms with Gasteiger partial charge in [0.25, 0.3) is 0 Å². The number of hydrogen-bond acceptors (Lipinski definition) is 5. The molecule has 0 radical (unpaired) electrons. The van der Waals surface area contributed by atoms with E-state index in [-0.39, 0.29) is 16.8 Å². The first-order valence-electron chi connectivity index (χ1n) is 4.86. The van der Waals surface area contributed by atoms with Crippen molar-refractivity contribution in [1.29, 1.82) is 0 Å². The standard InChI is InChI=1S/C10H14ClN3O2/c1-5(2)4-6-7(9(15)16-3)13-10(12)14-8(6)11/h5H,4H2,1-3H3,(H2,12,13,14). The molecule has 0 amide bonds. The van der Waals surface area contributed by atoms with E-state index in [4.69, 9.17) is 17.3 Å². The van der Waals surface area contributed by atoms with E-state index in [0.717, 1.165) is 0 Å². The zero-order chi connectivity index (χ0) is 12.3. The van der Waals surface area contributed by atoms with Crippen LogP contribution < -0.4 is 5.73 Å². The van der Waals surface area contributed by atoms with Gasteiger partial charge in [-0.25, -0.2) is 14.8 Å². The van der Waals surface area contributed by atoms with Crippen molar-refractivity contribution in [2.45, 2.75) is 20.3 Å². The Hall–Kier alpha value is -1.36. The monoisotopic (exact) mass is 243 g/mol. The number of nitrogens with two attached hydrogens (primary N) is 1. The SMILES string of the molecule is COC(=O)c1nc(N)nc(Cl)c1CC(C)C. The number of anilines is 1. The molecule has 2 N–H and O–H groups in total. The number of aromatic nitrogens is 2. The summed E-state index contributed by atoms with van der Waals surface area (Å²) in [4.78, 5) is 19.2. The van der Waals surface area contributed by atoms with E-state index in [1.165, 1.54) is 7.11 Å². The van der Waals surface area contributed by atoms with Crippen LogP contribution in [-0.4, -0.2) is 23.0 Å². The molecular weight excluding hydrogens is 230 g/mol. The molecule has 0 aliphatic carbocycles. The molecule has 5 nitrogen and oxygen atoms in total. The molecule has 0 saturated heterocycles. The summed E-state index contributed by atoms with van der Waals surface area (Å²) in [7, 11) is 1.29. The van der Waals surface area contributed by atoms with E-state index in [1.54, 1.807) is 0 Å². The minimum Gasteiger partial charge on any atom is -0.464 e. The van der Waals surface area contributed by atoms with Crippen molar-refractivity contribution in [3.8, 4) is 0 Å². The third-order valence-corrected chi connectivity index (χ3v) is 2.28. The van der Waals surface area contributed by atoms with Gasteiger partial charge >= 0.3 is 5.97 Å². The number of carbonyl (C=O) groups excluding carboxylic acids is 1. The number of hydrogen-bond donors (Lipinski definition) is 1. The highest BCUT2D eigenvalue weighted by Crippen LogP contribution is 2.21. The van der Waals surface area contributed by atoms with Gasteiger partial charge in [0.1, 0.15) is 5.15 Å². The Balaban J connectivity index is 3.26. The fourth-order valence-corrected chi connectivity index (χ4v) is 1.58. The normalized spacial score (nSPS) is 10.6. The van der Waals surface area contributed by atoms with E-state index >= 15 is 0 Å². The maximum Gasteiger partial charge on any atom is 0.357 e. The lowest BCUT2D eigenvalue weighted by atomic mass is 10.0. The van der Waals surface area contributed by atoms with Crippen molar-refractivity contribution in [3.63, 3.8) is 0 Å². The predicted molar refractivity (Wildman–Crippen MR) is 61.3 cm³/mol. The molecule has 1 aromatic heterocycles. The second-order valence-corrected chi connectivity index (χ2v) is 4.15. The summed E-state index contributed by atoms with van der Waals surface area (Å²) >= 11 is 5.94. The minimum atomic E-state index is -0.549. The lowest BCUT2D eigenvalue weighted by Gasteiger charge is -2.11. The molecule has 1 rings (SSSR count). The third-order valence-electron chi connectivity index (χ3n) is 1.97. The summed E-state index contributed by atoms with van der Waals surface area (Å²) < 4.78 is 4.63. The smallest absolute Gasteiger partial charge is 0.357 e. The molecule has 0 aliphatic rings. The molecule has 0 aliphatic heterocycles. The number of nitrogens with zero attached hydrogens (tertiary/aromatic N) is 2. The van der Waals surface area contributed by atoms with Crippen LogP contribution in [0.5, 0.6) is 0 Å². The minimum absolute atomic E-state index is 0.0297. The molecule has 0 aromatic carbocycles. The Bertz CT molecular complexity index is 407. The summed E-state index contributed by atoms with van der Waals surface area (Å²) in [6.45, 7) is 4.02. The van der Waals surface area contributed by atoms with Gasteiger partial charge < -0.3 is 10.5 Å². The van der Waals surface area contributed by atoms with Crippen LogP contribution in [0.3, 0.4) is 0 Å². The molecule has 88 valence electrons. The first kappa shape index (κ1) is 12.7. The zero-order valence-electron chi connectivity index (χ0n) is 9.45. The molecule has 0 saturated carbocycles. The number of ether oxygens (including phenoxy) is 1. The summed E-state index contributed by atoms with van der Waals surface area (Å²) in [5.74, 6) is -0.252. The van der Waals surface area contributed by atoms with Crippen LogP contribution in [0.15, 0.2) is 0 Å². The highest BCUT2D eigenvalue weighted by atomic mass is 35.5. The predicted octanol–water partition coefficient (Wildman–Crippen LogP) is 1.70. The lowest BCUT2D eigenvalue weighted by Crippen LogP contribution is -2.14. The molecule has 1 heterocycles. The van der Waals surface area contributed by atoms with E-state index in [1.807, 2.05) is 13.8 Å². The second kappa shape index (κ2) is 5.12. The van der Waals surface area contributed by atoms with E-state index in [9.17, 15) is 4.79 Å². The van der Waals surface area contributed by atoms with Gasteiger partial charge in [0.05, 0.1) is 7.11 Å². The average molecular weight is 244 g/mol. The van der Waals surface area contributed by atoms with E-state index in [2.05, 4.69) is 14.7 Å². The van der Waals surface area contributed by atoms with Crippen molar-refractivity contribution in [2.24, 2.45) is 5.92 Å². The van der Waals surface area contributed by atoms with Crippen molar-refractivity contribution in [1.82, 2.24) is 9.97 Å². The first-order valence-corrected chi connectivity index (χ1v) is 5.23. The Morgan fingerprint density at radius 1 is 1.50 bits per heavy atom. The van der Waals surface area contributed by atoms with Gasteiger partial charge in [0.15, 0.2) is 5.69 Å². The summed E-state index contributed by atoms with van der Waals surface area (Å²) in [6, 6.07) is 0. The van der Waals surface area contributed by atoms with Crippen LogP contribution in [0.1, 0.15) is 29.9 Å². The van der Waals surface area contributed by atoms with Gasteiger partial charge in [-0.3, -0.25) is 0 Å². The Labute approximate surface area is 99.0 Å². The molecule has 0 spiro atoms. The summed E-state index contributed by atoms with van der Waals surface area (Å²) in [6.07, 6.45) is 0.601. The van der Waals surface area contributed by atoms with Crippen LogP contribution >= 0.6 is 11.6 Å². The fourth-order valence-electron chi connectivity index (χ4n) is 1.33. The van der Waals surface area contributed by atoms with Crippen LogP contribution in [0.4, 0.5) is 5.95 Å². The molecule has 0 fully saturated rings. The quantitative estimate of drug-likeness (QED) is 0.646. The molecule has 0 bridgehead atoms. The van der Waals surface area contributed by atoms with E-state index in [0.29, 0.717) is 17.9 Å². The maximum atomic E-state index is 11.5. The Morgan fingerprint density at radius 3 is 2.62 bits per heavy atom. The molecular formula is C10H14ClN3O2. The number of carbonyl (C=O) groups is 1. The van der Waals surface area contributed by atoms with Gasteiger partial charge in [0, 0.05) is 5.56 Å². The number of rotatable bonds is 3. The zero-order valence-corrected chi connectivity index (χ0v) is 10.2. The Morgan fingerprint density at radius 2 is 2.12 bits per heavy atom. The van der Waals surface area contributed by atoms with Crippen molar-refractivity contribution < 1.29 is 9.53 Å². The Kier molecular flexibility index (Phi) is 4.06. The van der Waals surface area contributed by atoms with Gasteiger partial charge in [-0.1, -0.05) is 25.4 Å². The van der Waals surface area contributed by atoms with E-state index < -0.39 is 5.97 Å². The van der Waals surface area contributed by atoms with Gasteiger partial charge in [-0.15, -0.1) is 0 Å². The number of methoxy groups -OCH3 is 1. The summed E-state index contributed by atoms with van der Waals surface area (Å²) in [5, 5.41) is 0.210. The lowest BCUT2D eigenvalue weighted by molar-refractivity contribution is 0.0592. The number of nitrogen functional groups attached to an aromatic ring is 1. The van der Waals surface area contributed by atoms with Gasteiger partial charge in [0.2, 0.25) is 5.95 Å². The fraction of sp³-hybridized carbons (Fsp3) is 0.500. The second-order valence-electron chi connectivity index (χ2n) is 3.79. The van der Waals surface area contributed by atoms with Gasteiger partial charge in [-0.2, -0.15) is 0 Å².